The maximum Gasteiger partial charge on any atom is 0.339 e. The number of amides is 1. The number of carbonyl (C=O) groups is 2. The third kappa shape index (κ3) is 3.75. The number of hydrogen-bond donors (Lipinski definition) is 1. The number of carboxylic acid groups (broad SMARTS) is 1. The van der Waals surface area contributed by atoms with E-state index < -0.39 is 5.97 Å². The Bertz CT molecular complexity index is 856. The summed E-state index contributed by atoms with van der Waals surface area (Å²) >= 11 is 0. The highest BCUT2D eigenvalue weighted by Gasteiger charge is 2.29. The molecule has 144 valence electrons. The number of benzene rings is 1. The van der Waals surface area contributed by atoms with E-state index in [0.717, 1.165) is 24.0 Å². The summed E-state index contributed by atoms with van der Waals surface area (Å²) in [6.45, 7) is 9.42. The van der Waals surface area contributed by atoms with Crippen LogP contribution in [0.3, 0.4) is 0 Å². The molecule has 0 bridgehead atoms. The van der Waals surface area contributed by atoms with Crippen molar-refractivity contribution in [2.45, 2.75) is 52.0 Å². The first kappa shape index (κ1) is 19.1. The molecule has 1 fully saturated rings. The molecule has 6 nitrogen and oxygen atoms in total. The molecule has 2 heterocycles. The van der Waals surface area contributed by atoms with E-state index in [1.165, 1.54) is 6.20 Å². The summed E-state index contributed by atoms with van der Waals surface area (Å²) in [7, 11) is 0. The molecule has 0 unspecified atom stereocenters. The summed E-state index contributed by atoms with van der Waals surface area (Å²) in [5.74, 6) is -0.882. The van der Waals surface area contributed by atoms with Gasteiger partial charge in [0.05, 0.1) is 17.9 Å². The Morgan fingerprint density at radius 2 is 1.74 bits per heavy atom. The van der Waals surface area contributed by atoms with Gasteiger partial charge in [-0.15, -0.1) is 0 Å². The minimum atomic E-state index is -0.954. The van der Waals surface area contributed by atoms with Crippen molar-refractivity contribution in [3.63, 3.8) is 0 Å². The average Bonchev–Trinajstić information content (AvgIpc) is 3.02. The fourth-order valence-corrected chi connectivity index (χ4v) is 3.81. The highest BCUT2D eigenvalue weighted by Crippen LogP contribution is 2.29. The van der Waals surface area contributed by atoms with Gasteiger partial charge in [-0.25, -0.2) is 4.79 Å². The molecule has 1 amide bonds. The van der Waals surface area contributed by atoms with Gasteiger partial charge in [0.1, 0.15) is 5.56 Å². The van der Waals surface area contributed by atoms with Crippen molar-refractivity contribution in [2.75, 3.05) is 13.1 Å². The fraction of sp³-hybridized carbons (Fsp3) is 0.476. The van der Waals surface area contributed by atoms with E-state index in [0.29, 0.717) is 18.8 Å². The highest BCUT2D eigenvalue weighted by atomic mass is 16.4. The molecule has 1 aliphatic heterocycles. The summed E-state index contributed by atoms with van der Waals surface area (Å²) < 4.78 is 1.80. The summed E-state index contributed by atoms with van der Waals surface area (Å²) in [6.07, 6.45) is 2.95. The minimum absolute atomic E-state index is 0.0717. The van der Waals surface area contributed by atoms with Crippen LogP contribution < -0.4 is 0 Å². The Kier molecular flexibility index (Phi) is 5.09. The lowest BCUT2D eigenvalue weighted by Gasteiger charge is -2.34. The quantitative estimate of drug-likeness (QED) is 0.896. The average molecular weight is 369 g/mol. The number of hydrogen-bond acceptors (Lipinski definition) is 3. The number of piperidine rings is 1. The number of likely N-dealkylation sites (tertiary alicyclic amines) is 1. The molecular formula is C21H27N3O3. The molecule has 0 atom stereocenters. The van der Waals surface area contributed by atoms with Gasteiger partial charge in [0, 0.05) is 18.7 Å². The molecule has 2 aromatic rings. The van der Waals surface area contributed by atoms with Crippen molar-refractivity contribution in [2.24, 2.45) is 0 Å². The molecule has 27 heavy (non-hydrogen) atoms. The second-order valence-corrected chi connectivity index (χ2v) is 8.21. The number of aromatic nitrogens is 2. The van der Waals surface area contributed by atoms with E-state index in [2.05, 4.69) is 25.9 Å². The van der Waals surface area contributed by atoms with Crippen LogP contribution in [0.5, 0.6) is 0 Å². The molecule has 1 aliphatic rings. The summed E-state index contributed by atoms with van der Waals surface area (Å²) in [4.78, 5) is 26.2. The molecule has 1 saturated heterocycles. The second-order valence-electron chi connectivity index (χ2n) is 8.21. The lowest BCUT2D eigenvalue weighted by atomic mass is 9.83. The van der Waals surface area contributed by atoms with Gasteiger partial charge in [0.25, 0.3) is 5.91 Å². The standard InChI is InChI=1S/C21H27N3O3/c1-14-17(20(26)27)13-22-24(14)15-9-11-23(12-10-15)19(25)16-7-5-6-8-18(16)21(2,3)4/h5-8,13,15H,9-12H2,1-4H3,(H,26,27). The first-order valence-electron chi connectivity index (χ1n) is 9.36. The highest BCUT2D eigenvalue weighted by molar-refractivity contribution is 5.96. The smallest absolute Gasteiger partial charge is 0.339 e. The van der Waals surface area contributed by atoms with Crippen LogP contribution >= 0.6 is 0 Å². The molecule has 6 heteroatoms. The third-order valence-corrected chi connectivity index (χ3v) is 5.34. The zero-order valence-corrected chi connectivity index (χ0v) is 16.4. The van der Waals surface area contributed by atoms with Crippen LogP contribution in [0.4, 0.5) is 0 Å². The van der Waals surface area contributed by atoms with Crippen molar-refractivity contribution in [3.8, 4) is 0 Å². The zero-order chi connectivity index (χ0) is 19.8. The first-order valence-corrected chi connectivity index (χ1v) is 9.36. The fourth-order valence-electron chi connectivity index (χ4n) is 3.81. The van der Waals surface area contributed by atoms with Gasteiger partial charge < -0.3 is 10.0 Å². The lowest BCUT2D eigenvalue weighted by Crippen LogP contribution is -2.40. The van der Waals surface area contributed by atoms with Crippen LogP contribution in [0.1, 0.15) is 71.6 Å². The summed E-state index contributed by atoms with van der Waals surface area (Å²) in [5.41, 5.74) is 2.65. The molecule has 0 aliphatic carbocycles. The van der Waals surface area contributed by atoms with E-state index in [4.69, 9.17) is 0 Å². The Morgan fingerprint density at radius 1 is 1.11 bits per heavy atom. The molecular weight excluding hydrogens is 342 g/mol. The van der Waals surface area contributed by atoms with Crippen LogP contribution in [0.25, 0.3) is 0 Å². The maximum absolute atomic E-state index is 13.1. The summed E-state index contributed by atoms with van der Waals surface area (Å²) in [6, 6.07) is 7.95. The zero-order valence-electron chi connectivity index (χ0n) is 16.4. The number of carboxylic acids is 1. The molecule has 1 aromatic carbocycles. The normalized spacial score (nSPS) is 15.8. The topological polar surface area (TPSA) is 75.4 Å². The van der Waals surface area contributed by atoms with Crippen LogP contribution in [0.2, 0.25) is 0 Å². The van der Waals surface area contributed by atoms with Crippen molar-refractivity contribution < 1.29 is 14.7 Å². The maximum atomic E-state index is 13.1. The Hall–Kier alpha value is -2.63. The monoisotopic (exact) mass is 369 g/mol. The first-order chi connectivity index (χ1) is 12.7. The van der Waals surface area contributed by atoms with Crippen LogP contribution in [-0.4, -0.2) is 44.8 Å². The number of aromatic carboxylic acids is 1. The van der Waals surface area contributed by atoms with Crippen molar-refractivity contribution in [3.05, 3.63) is 52.8 Å². The molecule has 0 saturated carbocycles. The van der Waals surface area contributed by atoms with E-state index in [1.54, 1.807) is 11.6 Å². The molecule has 1 N–H and O–H groups in total. The largest absolute Gasteiger partial charge is 0.478 e. The molecule has 3 rings (SSSR count). The molecule has 0 spiro atoms. The SMILES string of the molecule is Cc1c(C(=O)O)cnn1C1CCN(C(=O)c2ccccc2C(C)(C)C)CC1. The van der Waals surface area contributed by atoms with E-state index in [9.17, 15) is 14.7 Å². The van der Waals surface area contributed by atoms with E-state index in [-0.39, 0.29) is 22.9 Å². The van der Waals surface area contributed by atoms with E-state index in [1.807, 2.05) is 29.2 Å². The van der Waals surface area contributed by atoms with Gasteiger partial charge >= 0.3 is 5.97 Å². The van der Waals surface area contributed by atoms with Gasteiger partial charge in [-0.2, -0.15) is 5.10 Å². The van der Waals surface area contributed by atoms with Crippen LogP contribution in [0.15, 0.2) is 30.5 Å². The van der Waals surface area contributed by atoms with Crippen molar-refractivity contribution in [1.29, 1.82) is 0 Å². The van der Waals surface area contributed by atoms with Gasteiger partial charge in [-0.3, -0.25) is 9.48 Å². The predicted octanol–water partition coefficient (Wildman–Crippen LogP) is 3.66. The Morgan fingerprint density at radius 3 is 2.30 bits per heavy atom. The second kappa shape index (κ2) is 7.18. The number of carbonyl (C=O) groups excluding carboxylic acids is 1. The predicted molar refractivity (Wildman–Crippen MR) is 103 cm³/mol. The van der Waals surface area contributed by atoms with Crippen molar-refractivity contribution in [1.82, 2.24) is 14.7 Å². The Balaban J connectivity index is 1.73. The number of rotatable bonds is 3. The lowest BCUT2D eigenvalue weighted by molar-refractivity contribution is 0.0686. The van der Waals surface area contributed by atoms with E-state index >= 15 is 0 Å². The van der Waals surface area contributed by atoms with Gasteiger partial charge in [0.2, 0.25) is 0 Å². The van der Waals surface area contributed by atoms with Gasteiger partial charge in [0.15, 0.2) is 0 Å². The Labute approximate surface area is 159 Å². The summed E-state index contributed by atoms with van der Waals surface area (Å²) in [5, 5.41) is 13.5. The van der Waals surface area contributed by atoms with Crippen LogP contribution in [-0.2, 0) is 5.41 Å². The number of nitrogens with zero attached hydrogens (tertiary/aromatic N) is 3. The molecule has 1 aromatic heterocycles. The van der Waals surface area contributed by atoms with Gasteiger partial charge in [-0.1, -0.05) is 39.0 Å². The molecule has 0 radical (unpaired) electrons. The van der Waals surface area contributed by atoms with Gasteiger partial charge in [-0.05, 0) is 36.8 Å². The van der Waals surface area contributed by atoms with Crippen molar-refractivity contribution >= 4 is 11.9 Å². The minimum Gasteiger partial charge on any atom is -0.478 e. The third-order valence-electron chi connectivity index (χ3n) is 5.34. The van der Waals surface area contributed by atoms with Crippen LogP contribution in [0, 0.1) is 6.92 Å².